The van der Waals surface area contributed by atoms with E-state index in [0.29, 0.717) is 18.5 Å². The number of nitrogens with zero attached hydrogens (tertiary/aromatic N) is 1. The van der Waals surface area contributed by atoms with Crippen molar-refractivity contribution in [2.45, 2.75) is 32.2 Å². The predicted octanol–water partition coefficient (Wildman–Crippen LogP) is 3.26. The van der Waals surface area contributed by atoms with Gasteiger partial charge in [-0.2, -0.15) is 0 Å². The molecule has 1 aliphatic rings. The lowest BCUT2D eigenvalue weighted by atomic mass is 10.0. The van der Waals surface area contributed by atoms with Crippen LogP contribution in [-0.4, -0.2) is 42.2 Å². The normalized spacial score (nSPS) is 13.7. The fourth-order valence-corrected chi connectivity index (χ4v) is 3.39. The number of amides is 3. The number of nitrogens with one attached hydrogen (secondary N) is 1. The quantitative estimate of drug-likeness (QED) is 0.517. The smallest absolute Gasteiger partial charge is 0.307 e. The fraction of sp³-hybridized carbons (Fsp3) is 0.304. The van der Waals surface area contributed by atoms with Gasteiger partial charge in [0.2, 0.25) is 0 Å². The molecule has 8 heteroatoms. The zero-order valence-electron chi connectivity index (χ0n) is 17.3. The van der Waals surface area contributed by atoms with Gasteiger partial charge in [0.15, 0.2) is 0 Å². The van der Waals surface area contributed by atoms with Gasteiger partial charge in [-0.25, -0.2) is 4.39 Å². The molecule has 1 aliphatic heterocycles. The van der Waals surface area contributed by atoms with Crippen LogP contribution in [0.25, 0.3) is 0 Å². The van der Waals surface area contributed by atoms with Crippen LogP contribution in [0.1, 0.15) is 68.9 Å². The van der Waals surface area contributed by atoms with Gasteiger partial charge in [-0.05, 0) is 42.3 Å². The molecule has 0 fully saturated rings. The largest absolute Gasteiger partial charge is 0.469 e. The number of unbranched alkanes of at least 4 members (excludes halogenated alkanes) is 1. The Morgan fingerprint density at radius 3 is 2.39 bits per heavy atom. The number of hydrogen-bond acceptors (Lipinski definition) is 5. The highest BCUT2D eigenvalue weighted by molar-refractivity contribution is 6.22. The molecule has 0 saturated heterocycles. The molecule has 31 heavy (non-hydrogen) atoms. The van der Waals surface area contributed by atoms with Crippen LogP contribution in [0.4, 0.5) is 4.39 Å². The third-order valence-corrected chi connectivity index (χ3v) is 5.14. The van der Waals surface area contributed by atoms with Crippen molar-refractivity contribution in [1.82, 2.24) is 10.2 Å². The number of imide groups is 1. The summed E-state index contributed by atoms with van der Waals surface area (Å²) in [5, 5.41) is 2.72. The van der Waals surface area contributed by atoms with E-state index >= 15 is 0 Å². The second-order valence-corrected chi connectivity index (χ2v) is 7.23. The second kappa shape index (κ2) is 9.51. The van der Waals surface area contributed by atoms with Crippen LogP contribution < -0.4 is 5.32 Å². The van der Waals surface area contributed by atoms with Crippen LogP contribution in [0.2, 0.25) is 0 Å². The molecule has 0 bridgehead atoms. The summed E-state index contributed by atoms with van der Waals surface area (Å²) < 4.78 is 18.0. The number of carbonyl (C=O) groups is 4. The van der Waals surface area contributed by atoms with Crippen molar-refractivity contribution >= 4 is 23.7 Å². The Morgan fingerprint density at radius 1 is 1.06 bits per heavy atom. The van der Waals surface area contributed by atoms with E-state index in [9.17, 15) is 23.6 Å². The Hall–Kier alpha value is -3.55. The molecule has 1 atom stereocenters. The van der Waals surface area contributed by atoms with Gasteiger partial charge >= 0.3 is 5.97 Å². The molecule has 0 radical (unpaired) electrons. The van der Waals surface area contributed by atoms with Crippen molar-refractivity contribution < 1.29 is 28.3 Å². The molecule has 1 heterocycles. The Bertz CT molecular complexity index is 1020. The first-order valence-electron chi connectivity index (χ1n) is 9.99. The van der Waals surface area contributed by atoms with Gasteiger partial charge in [0, 0.05) is 12.1 Å². The molecule has 2 aromatic carbocycles. The molecule has 162 valence electrons. The van der Waals surface area contributed by atoms with Crippen LogP contribution in [0.15, 0.2) is 42.5 Å². The minimum absolute atomic E-state index is 0.152. The number of benzene rings is 2. The van der Waals surface area contributed by atoms with Crippen molar-refractivity contribution in [2.24, 2.45) is 0 Å². The lowest BCUT2D eigenvalue weighted by Gasteiger charge is -2.18. The molecule has 1 N–H and O–H groups in total. The summed E-state index contributed by atoms with van der Waals surface area (Å²) >= 11 is 0. The molecule has 3 amide bonds. The van der Waals surface area contributed by atoms with Crippen LogP contribution in [0.3, 0.4) is 0 Å². The van der Waals surface area contributed by atoms with Crippen molar-refractivity contribution in [3.63, 3.8) is 0 Å². The average Bonchev–Trinajstić information content (AvgIpc) is 3.01. The van der Waals surface area contributed by atoms with E-state index in [1.165, 1.54) is 54.5 Å². The summed E-state index contributed by atoms with van der Waals surface area (Å²) in [6.45, 7) is 2.29. The fourth-order valence-electron chi connectivity index (χ4n) is 3.39. The molecule has 0 aliphatic carbocycles. The van der Waals surface area contributed by atoms with Gasteiger partial charge in [0.05, 0.1) is 30.7 Å². The van der Waals surface area contributed by atoms with Crippen LogP contribution in [-0.2, 0) is 9.53 Å². The summed E-state index contributed by atoms with van der Waals surface area (Å²) in [5.74, 6) is -2.31. The van der Waals surface area contributed by atoms with Gasteiger partial charge in [-0.1, -0.05) is 25.5 Å². The number of fused-ring (bicyclic) bond motifs is 1. The highest BCUT2D eigenvalue weighted by atomic mass is 19.1. The predicted molar refractivity (Wildman–Crippen MR) is 110 cm³/mol. The van der Waals surface area contributed by atoms with Crippen molar-refractivity contribution in [3.8, 4) is 0 Å². The Morgan fingerprint density at radius 2 is 1.74 bits per heavy atom. The molecule has 0 aromatic heterocycles. The topological polar surface area (TPSA) is 92.8 Å². The number of hydrogen-bond donors (Lipinski definition) is 1. The number of carbonyl (C=O) groups excluding carboxylic acids is 4. The van der Waals surface area contributed by atoms with Crippen LogP contribution in [0, 0.1) is 5.82 Å². The molecular formula is C23H23FN2O5. The lowest BCUT2D eigenvalue weighted by Crippen LogP contribution is -2.31. The van der Waals surface area contributed by atoms with Gasteiger partial charge in [0.25, 0.3) is 17.7 Å². The summed E-state index contributed by atoms with van der Waals surface area (Å²) in [4.78, 5) is 50.9. The molecule has 7 nitrogen and oxygen atoms in total. The Balaban J connectivity index is 1.83. The number of esters is 1. The standard InChI is InChI=1S/C23H23FN2O5/c1-3-4-11-26-22(29)17-10-7-15(12-18(17)23(26)30)21(28)25-19(13-20(27)31-2)14-5-8-16(24)9-6-14/h5-10,12,19H,3-4,11,13H2,1-2H3,(H,25,28). The van der Waals surface area contributed by atoms with E-state index in [4.69, 9.17) is 4.74 Å². The molecule has 1 unspecified atom stereocenters. The number of rotatable bonds is 8. The Kier molecular flexibility index (Phi) is 6.79. The number of ether oxygens (including phenoxy) is 1. The van der Waals surface area contributed by atoms with Gasteiger partial charge in [-0.15, -0.1) is 0 Å². The molecule has 3 rings (SSSR count). The first kappa shape index (κ1) is 22.1. The molecule has 2 aromatic rings. The minimum atomic E-state index is -0.757. The molecular weight excluding hydrogens is 403 g/mol. The van der Waals surface area contributed by atoms with Crippen molar-refractivity contribution in [3.05, 3.63) is 70.5 Å². The van der Waals surface area contributed by atoms with E-state index in [-0.39, 0.29) is 29.0 Å². The molecule has 0 saturated carbocycles. The van der Waals surface area contributed by atoms with Crippen molar-refractivity contribution in [1.29, 1.82) is 0 Å². The van der Waals surface area contributed by atoms with E-state index in [1.54, 1.807) is 0 Å². The number of halogens is 1. The summed E-state index contributed by atoms with van der Waals surface area (Å²) in [6.07, 6.45) is 1.39. The third-order valence-electron chi connectivity index (χ3n) is 5.14. The maximum Gasteiger partial charge on any atom is 0.307 e. The lowest BCUT2D eigenvalue weighted by molar-refractivity contribution is -0.141. The van der Waals surface area contributed by atoms with Crippen molar-refractivity contribution in [2.75, 3.05) is 13.7 Å². The average molecular weight is 426 g/mol. The monoisotopic (exact) mass is 426 g/mol. The van der Waals surface area contributed by atoms with E-state index in [1.807, 2.05) is 6.92 Å². The van der Waals surface area contributed by atoms with Gasteiger partial charge in [0.1, 0.15) is 5.82 Å². The zero-order chi connectivity index (χ0) is 22.5. The summed E-state index contributed by atoms with van der Waals surface area (Å²) in [6, 6.07) is 8.96. The molecule has 0 spiro atoms. The highest BCUT2D eigenvalue weighted by Crippen LogP contribution is 2.25. The maximum absolute atomic E-state index is 13.3. The third kappa shape index (κ3) is 4.79. The van der Waals surface area contributed by atoms with E-state index in [0.717, 1.165) is 6.42 Å². The van der Waals surface area contributed by atoms with Crippen LogP contribution >= 0.6 is 0 Å². The first-order chi connectivity index (χ1) is 14.8. The van der Waals surface area contributed by atoms with E-state index in [2.05, 4.69) is 5.32 Å². The summed E-state index contributed by atoms with van der Waals surface area (Å²) in [7, 11) is 1.24. The SMILES string of the molecule is CCCCN1C(=O)c2ccc(C(=O)NC(CC(=O)OC)c3ccc(F)cc3)cc2C1=O. The van der Waals surface area contributed by atoms with E-state index < -0.39 is 29.6 Å². The second-order valence-electron chi connectivity index (χ2n) is 7.23. The van der Waals surface area contributed by atoms with Gasteiger partial charge < -0.3 is 10.1 Å². The number of methoxy groups -OCH3 is 1. The Labute approximate surface area is 179 Å². The maximum atomic E-state index is 13.3. The van der Waals surface area contributed by atoms with Gasteiger partial charge in [-0.3, -0.25) is 24.1 Å². The zero-order valence-corrected chi connectivity index (χ0v) is 17.3. The minimum Gasteiger partial charge on any atom is -0.469 e. The highest BCUT2D eigenvalue weighted by Gasteiger charge is 2.35. The first-order valence-corrected chi connectivity index (χ1v) is 9.99. The van der Waals surface area contributed by atoms with Crippen LogP contribution in [0.5, 0.6) is 0 Å². The summed E-state index contributed by atoms with van der Waals surface area (Å²) in [5.41, 5.74) is 1.15.